The van der Waals surface area contributed by atoms with Gasteiger partial charge in [0.25, 0.3) is 0 Å². The normalized spacial score (nSPS) is 17.9. The van der Waals surface area contributed by atoms with Crippen molar-refractivity contribution in [3.63, 3.8) is 0 Å². The van der Waals surface area contributed by atoms with E-state index in [9.17, 15) is 5.26 Å². The number of hydrogen-bond acceptors (Lipinski definition) is 8. The van der Waals surface area contributed by atoms with Gasteiger partial charge in [0.05, 0.1) is 36.7 Å². The van der Waals surface area contributed by atoms with Crippen LogP contribution in [0, 0.1) is 17.2 Å². The minimum absolute atomic E-state index is 0.513. The van der Waals surface area contributed by atoms with Crippen LogP contribution in [0.1, 0.15) is 25.3 Å². The van der Waals surface area contributed by atoms with Crippen molar-refractivity contribution in [3.8, 4) is 22.9 Å². The summed E-state index contributed by atoms with van der Waals surface area (Å²) in [5.74, 6) is 2.21. The van der Waals surface area contributed by atoms with Crippen LogP contribution in [0.25, 0.3) is 16.6 Å². The maximum atomic E-state index is 9.60. The molecular formula is C24H29N7O2. The first kappa shape index (κ1) is 21.6. The summed E-state index contributed by atoms with van der Waals surface area (Å²) in [4.78, 5) is 13.9. The first-order valence-electron chi connectivity index (χ1n) is 11.6. The molecule has 3 aromatic rings. The standard InChI is InChI=1S/C24H29N7O2/c1-18-2-4-30(5-3-18)24-26-14-20(15-27-24)22-12-21(17-31-23(22)19(13-25)16-28-31)33-11-8-29-6-9-32-10-7-29/h12,14-18H,2-11H2,1H3. The van der Waals surface area contributed by atoms with Gasteiger partial charge in [-0.25, -0.2) is 14.5 Å². The first-order chi connectivity index (χ1) is 16.2. The maximum absolute atomic E-state index is 9.60. The summed E-state index contributed by atoms with van der Waals surface area (Å²) in [7, 11) is 0. The lowest BCUT2D eigenvalue weighted by molar-refractivity contribution is 0.0322. The Kier molecular flexibility index (Phi) is 6.37. The molecule has 9 nitrogen and oxygen atoms in total. The van der Waals surface area contributed by atoms with Crippen molar-refractivity contribution in [2.45, 2.75) is 19.8 Å². The van der Waals surface area contributed by atoms with Crippen LogP contribution in [0.5, 0.6) is 5.75 Å². The molecule has 2 fully saturated rings. The molecule has 0 spiro atoms. The van der Waals surface area contributed by atoms with E-state index in [1.807, 2.05) is 24.7 Å². The SMILES string of the molecule is CC1CCN(c2ncc(-c3cc(OCCN4CCOCC4)cn4ncc(C#N)c34)cn2)CC1. The molecule has 0 aromatic carbocycles. The average molecular weight is 448 g/mol. The van der Waals surface area contributed by atoms with E-state index in [1.165, 1.54) is 0 Å². The topological polar surface area (TPSA) is 91.8 Å². The highest BCUT2D eigenvalue weighted by Crippen LogP contribution is 2.31. The first-order valence-corrected chi connectivity index (χ1v) is 11.6. The number of anilines is 1. The average Bonchev–Trinajstić information content (AvgIpc) is 3.28. The number of rotatable bonds is 6. The molecule has 9 heteroatoms. The van der Waals surface area contributed by atoms with E-state index in [0.717, 1.165) is 87.3 Å². The fourth-order valence-electron chi connectivity index (χ4n) is 4.43. The Labute approximate surface area is 193 Å². The lowest BCUT2D eigenvalue weighted by atomic mass is 10.00. The van der Waals surface area contributed by atoms with Gasteiger partial charge >= 0.3 is 0 Å². The fourth-order valence-corrected chi connectivity index (χ4v) is 4.43. The molecule has 0 saturated carbocycles. The molecule has 0 amide bonds. The number of nitriles is 1. The van der Waals surface area contributed by atoms with Gasteiger partial charge in [0.15, 0.2) is 0 Å². The molecule has 0 N–H and O–H groups in total. The monoisotopic (exact) mass is 447 g/mol. The van der Waals surface area contributed by atoms with Crippen LogP contribution in [-0.4, -0.2) is 77.0 Å². The van der Waals surface area contributed by atoms with Crippen molar-refractivity contribution in [3.05, 3.63) is 36.4 Å². The Bertz CT molecular complexity index is 1120. The lowest BCUT2D eigenvalue weighted by Crippen LogP contribution is -2.38. The summed E-state index contributed by atoms with van der Waals surface area (Å²) in [5.41, 5.74) is 2.93. The highest BCUT2D eigenvalue weighted by Gasteiger charge is 2.19. The molecule has 0 atom stereocenters. The lowest BCUT2D eigenvalue weighted by Gasteiger charge is -2.30. The van der Waals surface area contributed by atoms with Crippen molar-refractivity contribution >= 4 is 11.5 Å². The summed E-state index contributed by atoms with van der Waals surface area (Å²) in [6.07, 6.45) is 9.40. The zero-order valence-electron chi connectivity index (χ0n) is 19.0. The second kappa shape index (κ2) is 9.73. The van der Waals surface area contributed by atoms with E-state index >= 15 is 0 Å². The molecule has 5 rings (SSSR count). The van der Waals surface area contributed by atoms with Crippen LogP contribution < -0.4 is 9.64 Å². The van der Waals surface area contributed by atoms with E-state index < -0.39 is 0 Å². The highest BCUT2D eigenvalue weighted by molar-refractivity contribution is 5.84. The van der Waals surface area contributed by atoms with Gasteiger partial charge in [-0.1, -0.05) is 6.92 Å². The van der Waals surface area contributed by atoms with E-state index in [0.29, 0.717) is 17.9 Å². The van der Waals surface area contributed by atoms with Crippen LogP contribution in [-0.2, 0) is 4.74 Å². The molecule has 5 heterocycles. The Morgan fingerprint density at radius 3 is 2.61 bits per heavy atom. The van der Waals surface area contributed by atoms with Gasteiger partial charge < -0.3 is 14.4 Å². The second-order valence-electron chi connectivity index (χ2n) is 8.80. The van der Waals surface area contributed by atoms with Gasteiger partial charge in [-0.3, -0.25) is 4.90 Å². The van der Waals surface area contributed by atoms with Crippen molar-refractivity contribution < 1.29 is 9.47 Å². The minimum atomic E-state index is 0.513. The largest absolute Gasteiger partial charge is 0.491 e. The molecule has 0 bridgehead atoms. The van der Waals surface area contributed by atoms with E-state index in [4.69, 9.17) is 9.47 Å². The Balaban J connectivity index is 1.38. The van der Waals surface area contributed by atoms with Crippen molar-refractivity contribution in [1.29, 1.82) is 5.26 Å². The number of nitrogens with zero attached hydrogens (tertiary/aromatic N) is 7. The third kappa shape index (κ3) is 4.77. The minimum Gasteiger partial charge on any atom is -0.491 e. The number of morpholine rings is 1. The van der Waals surface area contributed by atoms with Gasteiger partial charge in [-0.15, -0.1) is 0 Å². The number of aromatic nitrogens is 4. The second-order valence-corrected chi connectivity index (χ2v) is 8.80. The van der Waals surface area contributed by atoms with Crippen molar-refractivity contribution in [2.24, 2.45) is 5.92 Å². The summed E-state index contributed by atoms with van der Waals surface area (Å²) in [5, 5.41) is 14.0. The molecule has 0 aliphatic carbocycles. The number of pyridine rings is 1. The van der Waals surface area contributed by atoms with E-state index in [1.54, 1.807) is 10.7 Å². The molecular weight excluding hydrogens is 418 g/mol. The molecule has 33 heavy (non-hydrogen) atoms. The summed E-state index contributed by atoms with van der Waals surface area (Å²) in [6.45, 7) is 9.07. The van der Waals surface area contributed by atoms with Crippen LogP contribution in [0.3, 0.4) is 0 Å². The maximum Gasteiger partial charge on any atom is 0.225 e. The van der Waals surface area contributed by atoms with Gasteiger partial charge in [-0.2, -0.15) is 10.4 Å². The molecule has 2 aliphatic rings. The van der Waals surface area contributed by atoms with Crippen LogP contribution in [0.15, 0.2) is 30.9 Å². The number of hydrogen-bond donors (Lipinski definition) is 0. The highest BCUT2D eigenvalue weighted by atomic mass is 16.5. The number of fused-ring (bicyclic) bond motifs is 1. The quantitative estimate of drug-likeness (QED) is 0.569. The zero-order chi connectivity index (χ0) is 22.6. The summed E-state index contributed by atoms with van der Waals surface area (Å²) < 4.78 is 13.2. The van der Waals surface area contributed by atoms with Crippen LogP contribution >= 0.6 is 0 Å². The zero-order valence-corrected chi connectivity index (χ0v) is 19.0. The molecule has 172 valence electrons. The fraction of sp³-hybridized carbons (Fsp3) is 0.500. The van der Waals surface area contributed by atoms with Crippen molar-refractivity contribution in [1.82, 2.24) is 24.5 Å². The van der Waals surface area contributed by atoms with Gasteiger partial charge in [0, 0.05) is 56.2 Å². The Morgan fingerprint density at radius 1 is 1.12 bits per heavy atom. The molecule has 2 saturated heterocycles. The number of piperidine rings is 1. The summed E-state index contributed by atoms with van der Waals surface area (Å²) >= 11 is 0. The molecule has 3 aromatic heterocycles. The molecule has 0 unspecified atom stereocenters. The molecule has 0 radical (unpaired) electrons. The van der Waals surface area contributed by atoms with Crippen LogP contribution in [0.2, 0.25) is 0 Å². The third-order valence-electron chi connectivity index (χ3n) is 6.50. The molecule has 2 aliphatic heterocycles. The third-order valence-corrected chi connectivity index (χ3v) is 6.50. The van der Waals surface area contributed by atoms with Gasteiger partial charge in [0.2, 0.25) is 5.95 Å². The van der Waals surface area contributed by atoms with E-state index in [2.05, 4.69) is 37.9 Å². The van der Waals surface area contributed by atoms with Gasteiger partial charge in [-0.05, 0) is 24.8 Å². The predicted molar refractivity (Wildman–Crippen MR) is 124 cm³/mol. The Morgan fingerprint density at radius 2 is 1.88 bits per heavy atom. The Hall–Kier alpha value is -3.22. The van der Waals surface area contributed by atoms with E-state index in [-0.39, 0.29) is 0 Å². The van der Waals surface area contributed by atoms with Gasteiger partial charge in [0.1, 0.15) is 18.4 Å². The predicted octanol–water partition coefficient (Wildman–Crippen LogP) is 2.61. The van der Waals surface area contributed by atoms with Crippen molar-refractivity contribution in [2.75, 3.05) is 57.4 Å². The summed E-state index contributed by atoms with van der Waals surface area (Å²) in [6, 6.07) is 4.20. The number of ether oxygens (including phenoxy) is 2. The van der Waals surface area contributed by atoms with Crippen LogP contribution in [0.4, 0.5) is 5.95 Å². The smallest absolute Gasteiger partial charge is 0.225 e.